The molecule has 2 aromatic rings. The number of amides is 1. The van der Waals surface area contributed by atoms with Crippen LogP contribution < -0.4 is 10.1 Å². The number of rotatable bonds is 7. The zero-order chi connectivity index (χ0) is 23.3. The van der Waals surface area contributed by atoms with Gasteiger partial charge in [-0.3, -0.25) is 4.79 Å². The van der Waals surface area contributed by atoms with Gasteiger partial charge in [-0.15, -0.1) is 0 Å². The number of sulfonamides is 1. The first-order valence-electron chi connectivity index (χ1n) is 11.1. The Morgan fingerprint density at radius 3 is 2.58 bits per heavy atom. The Labute approximate surface area is 194 Å². The van der Waals surface area contributed by atoms with Crippen LogP contribution in [-0.2, 0) is 19.6 Å². The van der Waals surface area contributed by atoms with Crippen molar-refractivity contribution >= 4 is 21.6 Å². The van der Waals surface area contributed by atoms with E-state index in [-0.39, 0.29) is 35.9 Å². The number of nitriles is 1. The zero-order valence-electron chi connectivity index (χ0n) is 18.3. The van der Waals surface area contributed by atoms with E-state index in [9.17, 15) is 13.2 Å². The van der Waals surface area contributed by atoms with Crippen molar-refractivity contribution in [2.45, 2.75) is 36.7 Å². The summed E-state index contributed by atoms with van der Waals surface area (Å²) >= 11 is 0. The van der Waals surface area contributed by atoms with E-state index in [4.69, 9.17) is 14.7 Å². The maximum absolute atomic E-state index is 12.9. The number of hydrogen-bond acceptors (Lipinski definition) is 6. The van der Waals surface area contributed by atoms with E-state index in [2.05, 4.69) is 5.32 Å². The van der Waals surface area contributed by atoms with Gasteiger partial charge < -0.3 is 14.8 Å². The summed E-state index contributed by atoms with van der Waals surface area (Å²) in [5, 5.41) is 11.8. The molecule has 0 bridgehead atoms. The molecule has 2 fully saturated rings. The zero-order valence-corrected chi connectivity index (χ0v) is 19.1. The summed E-state index contributed by atoms with van der Waals surface area (Å²) in [5.41, 5.74) is 1.06. The van der Waals surface area contributed by atoms with Gasteiger partial charge >= 0.3 is 0 Å². The van der Waals surface area contributed by atoms with Crippen LogP contribution in [0, 0.1) is 17.2 Å². The van der Waals surface area contributed by atoms with E-state index in [0.717, 1.165) is 19.4 Å². The molecular formula is C24H27N3O5S. The molecule has 0 aliphatic carbocycles. The molecule has 1 N–H and O–H groups in total. The van der Waals surface area contributed by atoms with Crippen LogP contribution in [0.4, 0.5) is 5.69 Å². The van der Waals surface area contributed by atoms with Gasteiger partial charge in [-0.1, -0.05) is 6.07 Å². The fraction of sp³-hybridized carbons (Fsp3) is 0.417. The average molecular weight is 470 g/mol. The smallest absolute Gasteiger partial charge is 0.243 e. The molecule has 4 rings (SSSR count). The van der Waals surface area contributed by atoms with Crippen molar-refractivity contribution in [2.24, 2.45) is 5.92 Å². The number of carbonyl (C=O) groups excluding carboxylic acids is 1. The molecule has 2 aromatic carbocycles. The van der Waals surface area contributed by atoms with Gasteiger partial charge in [-0.2, -0.15) is 9.57 Å². The van der Waals surface area contributed by atoms with Crippen LogP contribution >= 0.6 is 0 Å². The second-order valence-corrected chi connectivity index (χ2v) is 10.2. The van der Waals surface area contributed by atoms with Gasteiger partial charge in [-0.25, -0.2) is 8.42 Å². The van der Waals surface area contributed by atoms with E-state index in [0.29, 0.717) is 36.4 Å². The first-order chi connectivity index (χ1) is 16.0. The predicted octanol–water partition coefficient (Wildman–Crippen LogP) is 3.16. The SMILES string of the molecule is N#Cc1ccc(S(=O)(=O)N2CCC(C(=O)Nc3cccc(OC[C@@H]4CCCO4)c3)CC2)cc1. The molecule has 1 amide bonds. The monoisotopic (exact) mass is 469 g/mol. The Hall–Kier alpha value is -2.93. The molecule has 1 atom stereocenters. The van der Waals surface area contributed by atoms with Crippen molar-refractivity contribution in [1.29, 1.82) is 5.26 Å². The van der Waals surface area contributed by atoms with Crippen molar-refractivity contribution in [3.8, 4) is 11.8 Å². The first-order valence-corrected chi connectivity index (χ1v) is 12.6. The van der Waals surface area contributed by atoms with Crippen molar-refractivity contribution in [3.63, 3.8) is 0 Å². The number of piperidine rings is 1. The van der Waals surface area contributed by atoms with Crippen molar-refractivity contribution < 1.29 is 22.7 Å². The summed E-state index contributed by atoms with van der Waals surface area (Å²) in [6.45, 7) is 1.80. The summed E-state index contributed by atoms with van der Waals surface area (Å²) in [6.07, 6.45) is 3.05. The highest BCUT2D eigenvalue weighted by atomic mass is 32.2. The molecule has 8 nitrogen and oxygen atoms in total. The highest BCUT2D eigenvalue weighted by Gasteiger charge is 2.32. The lowest BCUT2D eigenvalue weighted by Crippen LogP contribution is -2.41. The van der Waals surface area contributed by atoms with Crippen LogP contribution in [0.5, 0.6) is 5.75 Å². The van der Waals surface area contributed by atoms with Gasteiger partial charge in [0, 0.05) is 37.4 Å². The van der Waals surface area contributed by atoms with Gasteiger partial charge in [0.1, 0.15) is 12.4 Å². The van der Waals surface area contributed by atoms with Gasteiger partial charge in [0.25, 0.3) is 0 Å². The number of nitrogens with zero attached hydrogens (tertiary/aromatic N) is 2. The fourth-order valence-corrected chi connectivity index (χ4v) is 5.55. The molecule has 0 radical (unpaired) electrons. The normalized spacial score (nSPS) is 19.7. The minimum Gasteiger partial charge on any atom is -0.491 e. The van der Waals surface area contributed by atoms with Crippen LogP contribution in [0.3, 0.4) is 0 Å². The number of benzene rings is 2. The second kappa shape index (κ2) is 10.3. The van der Waals surface area contributed by atoms with Gasteiger partial charge in [0.2, 0.25) is 15.9 Å². The van der Waals surface area contributed by atoms with E-state index >= 15 is 0 Å². The molecular weight excluding hydrogens is 442 g/mol. The van der Waals surface area contributed by atoms with Crippen molar-refractivity contribution in [1.82, 2.24) is 4.31 Å². The summed E-state index contributed by atoms with van der Waals surface area (Å²) in [7, 11) is -3.65. The summed E-state index contributed by atoms with van der Waals surface area (Å²) in [4.78, 5) is 12.9. The van der Waals surface area contributed by atoms with Crippen LogP contribution in [-0.4, -0.2) is 51.0 Å². The number of ether oxygens (including phenoxy) is 2. The van der Waals surface area contributed by atoms with Gasteiger partial charge in [0.05, 0.1) is 22.6 Å². The predicted molar refractivity (Wildman–Crippen MR) is 122 cm³/mol. The molecule has 0 unspecified atom stereocenters. The highest BCUT2D eigenvalue weighted by molar-refractivity contribution is 7.89. The first kappa shape index (κ1) is 23.2. The molecule has 2 saturated heterocycles. The maximum atomic E-state index is 12.9. The third-order valence-electron chi connectivity index (χ3n) is 6.01. The molecule has 9 heteroatoms. The molecule has 33 heavy (non-hydrogen) atoms. The van der Waals surface area contributed by atoms with E-state index in [1.54, 1.807) is 12.1 Å². The Kier molecular flexibility index (Phi) is 7.28. The number of anilines is 1. The van der Waals surface area contributed by atoms with E-state index < -0.39 is 10.0 Å². The van der Waals surface area contributed by atoms with Crippen molar-refractivity contribution in [3.05, 3.63) is 54.1 Å². The third kappa shape index (κ3) is 5.71. The molecule has 2 aliphatic heterocycles. The molecule has 2 aliphatic rings. The standard InChI is InChI=1S/C24H27N3O5S/c25-16-18-6-8-23(9-7-18)33(29,30)27-12-10-19(11-13-27)24(28)26-20-3-1-4-21(15-20)32-17-22-5-2-14-31-22/h1,3-4,6-9,15,19,22H,2,5,10-14,17H2,(H,26,28)/t22-/m0/s1. The lowest BCUT2D eigenvalue weighted by Gasteiger charge is -2.30. The van der Waals surface area contributed by atoms with E-state index in [1.807, 2.05) is 18.2 Å². The Bertz CT molecular complexity index is 1110. The lowest BCUT2D eigenvalue weighted by atomic mass is 9.97. The molecule has 174 valence electrons. The lowest BCUT2D eigenvalue weighted by molar-refractivity contribution is -0.120. The Morgan fingerprint density at radius 1 is 1.15 bits per heavy atom. The topological polar surface area (TPSA) is 109 Å². The highest BCUT2D eigenvalue weighted by Crippen LogP contribution is 2.26. The largest absolute Gasteiger partial charge is 0.491 e. The number of hydrogen-bond donors (Lipinski definition) is 1. The Balaban J connectivity index is 1.30. The Morgan fingerprint density at radius 2 is 1.91 bits per heavy atom. The van der Waals surface area contributed by atoms with Crippen molar-refractivity contribution in [2.75, 3.05) is 31.6 Å². The van der Waals surface area contributed by atoms with Crippen LogP contribution in [0.2, 0.25) is 0 Å². The van der Waals surface area contributed by atoms with Crippen LogP contribution in [0.25, 0.3) is 0 Å². The summed E-state index contributed by atoms with van der Waals surface area (Å²) in [6, 6.07) is 15.1. The number of nitrogens with one attached hydrogen (secondary N) is 1. The maximum Gasteiger partial charge on any atom is 0.243 e. The van der Waals surface area contributed by atoms with Crippen LogP contribution in [0.15, 0.2) is 53.4 Å². The average Bonchev–Trinajstić information content (AvgIpc) is 3.37. The molecule has 0 saturated carbocycles. The quantitative estimate of drug-likeness (QED) is 0.667. The summed E-state index contributed by atoms with van der Waals surface area (Å²) in [5.74, 6) is 0.280. The molecule has 0 spiro atoms. The molecule has 2 heterocycles. The molecule has 0 aromatic heterocycles. The fourth-order valence-electron chi connectivity index (χ4n) is 4.08. The third-order valence-corrected chi connectivity index (χ3v) is 7.92. The second-order valence-electron chi connectivity index (χ2n) is 8.28. The van der Waals surface area contributed by atoms with Gasteiger partial charge in [-0.05, 0) is 62.1 Å². The minimum absolute atomic E-state index is 0.119. The minimum atomic E-state index is -3.65. The van der Waals surface area contributed by atoms with E-state index in [1.165, 1.54) is 28.6 Å². The van der Waals surface area contributed by atoms with Crippen LogP contribution in [0.1, 0.15) is 31.2 Å². The van der Waals surface area contributed by atoms with Gasteiger partial charge in [0.15, 0.2) is 0 Å². The number of carbonyl (C=O) groups is 1. The summed E-state index contributed by atoms with van der Waals surface area (Å²) < 4.78 is 38.5.